The van der Waals surface area contributed by atoms with E-state index in [2.05, 4.69) is 40.3 Å². The number of nitrogens with one attached hydrogen (secondary N) is 1. The van der Waals surface area contributed by atoms with Crippen molar-refractivity contribution in [1.29, 1.82) is 0 Å². The number of thiophene rings is 2. The van der Waals surface area contributed by atoms with Gasteiger partial charge in [-0.3, -0.25) is 4.79 Å². The van der Waals surface area contributed by atoms with E-state index in [-0.39, 0.29) is 11.9 Å². The van der Waals surface area contributed by atoms with Gasteiger partial charge in [0.05, 0.1) is 8.66 Å². The van der Waals surface area contributed by atoms with Gasteiger partial charge in [0.15, 0.2) is 0 Å². The highest BCUT2D eigenvalue weighted by molar-refractivity contribution is 9.11. The van der Waals surface area contributed by atoms with Crippen LogP contribution in [0, 0.1) is 6.92 Å². The Morgan fingerprint density at radius 2 is 2.11 bits per heavy atom. The zero-order valence-corrected chi connectivity index (χ0v) is 13.4. The predicted molar refractivity (Wildman–Crippen MR) is 81.7 cm³/mol. The summed E-state index contributed by atoms with van der Waals surface area (Å²) in [5, 5.41) is 3.02. The topological polar surface area (TPSA) is 29.1 Å². The molecular formula is C13H14BrNOS2. The second kappa shape index (κ2) is 5.99. The van der Waals surface area contributed by atoms with Crippen LogP contribution in [0.4, 0.5) is 0 Å². The molecule has 0 aliphatic carbocycles. The number of carbonyl (C=O) groups is 1. The number of halogens is 1. The van der Waals surface area contributed by atoms with Crippen molar-refractivity contribution in [2.45, 2.75) is 26.3 Å². The van der Waals surface area contributed by atoms with Crippen LogP contribution in [0.2, 0.25) is 0 Å². The van der Waals surface area contributed by atoms with Gasteiger partial charge in [-0.2, -0.15) is 0 Å². The van der Waals surface area contributed by atoms with Crippen LogP contribution in [0.15, 0.2) is 28.1 Å². The van der Waals surface area contributed by atoms with E-state index in [0.29, 0.717) is 0 Å². The third-order valence-electron chi connectivity index (χ3n) is 2.48. The summed E-state index contributed by atoms with van der Waals surface area (Å²) in [6.45, 7) is 4.14. The number of hydrogen-bond donors (Lipinski definition) is 1. The molecule has 1 unspecified atom stereocenters. The van der Waals surface area contributed by atoms with E-state index in [1.165, 1.54) is 21.1 Å². The van der Waals surface area contributed by atoms with Crippen LogP contribution < -0.4 is 5.32 Å². The summed E-state index contributed by atoms with van der Waals surface area (Å²) in [6, 6.07) is 8.13. The number of carbonyl (C=O) groups excluding carboxylic acids is 1. The number of aryl methyl sites for hydroxylation is 1. The molecule has 1 amide bonds. The molecule has 1 atom stereocenters. The maximum atomic E-state index is 11.9. The van der Waals surface area contributed by atoms with Crippen LogP contribution in [0.1, 0.15) is 26.3 Å². The summed E-state index contributed by atoms with van der Waals surface area (Å²) in [6.07, 6.45) is 0.886. The minimum Gasteiger partial charge on any atom is -0.349 e. The van der Waals surface area contributed by atoms with Crippen LogP contribution >= 0.6 is 38.6 Å². The molecule has 5 heteroatoms. The second-order valence-electron chi connectivity index (χ2n) is 4.19. The Balaban J connectivity index is 1.91. The second-order valence-corrected chi connectivity index (χ2v) is 8.03. The lowest BCUT2D eigenvalue weighted by Gasteiger charge is -2.11. The van der Waals surface area contributed by atoms with Crippen LogP contribution in [0.25, 0.3) is 0 Å². The molecule has 18 heavy (non-hydrogen) atoms. The Morgan fingerprint density at radius 3 is 2.67 bits per heavy atom. The van der Waals surface area contributed by atoms with Crippen molar-refractivity contribution in [1.82, 2.24) is 5.32 Å². The standard InChI is InChI=1S/C13H14BrNOS2/c1-8(7-10-4-3-9(2)17-10)15-13(16)11-5-6-12(14)18-11/h3-6,8H,7H2,1-2H3,(H,15,16). The highest BCUT2D eigenvalue weighted by atomic mass is 79.9. The van der Waals surface area contributed by atoms with Gasteiger partial charge in [0, 0.05) is 22.2 Å². The lowest BCUT2D eigenvalue weighted by molar-refractivity contribution is 0.0944. The van der Waals surface area contributed by atoms with Gasteiger partial charge in [-0.15, -0.1) is 22.7 Å². The van der Waals surface area contributed by atoms with Crippen molar-refractivity contribution >= 4 is 44.5 Å². The summed E-state index contributed by atoms with van der Waals surface area (Å²) in [4.78, 5) is 15.3. The molecule has 0 aliphatic heterocycles. The van der Waals surface area contributed by atoms with Crippen molar-refractivity contribution < 1.29 is 4.79 Å². The maximum Gasteiger partial charge on any atom is 0.261 e. The van der Waals surface area contributed by atoms with Crippen molar-refractivity contribution in [3.8, 4) is 0 Å². The smallest absolute Gasteiger partial charge is 0.261 e. The number of hydrogen-bond acceptors (Lipinski definition) is 3. The predicted octanol–water partition coefficient (Wildman–Crippen LogP) is 4.24. The van der Waals surface area contributed by atoms with Crippen molar-refractivity contribution in [2.75, 3.05) is 0 Å². The lowest BCUT2D eigenvalue weighted by Crippen LogP contribution is -2.33. The fourth-order valence-corrected chi connectivity index (χ4v) is 3.99. The Kier molecular flexibility index (Phi) is 4.59. The quantitative estimate of drug-likeness (QED) is 0.883. The molecule has 0 spiro atoms. The third kappa shape index (κ3) is 3.67. The van der Waals surface area contributed by atoms with E-state index in [1.807, 2.05) is 19.1 Å². The van der Waals surface area contributed by atoms with E-state index < -0.39 is 0 Å². The van der Waals surface area contributed by atoms with Crippen molar-refractivity contribution in [3.63, 3.8) is 0 Å². The van der Waals surface area contributed by atoms with Gasteiger partial charge in [-0.05, 0) is 54.0 Å². The van der Waals surface area contributed by atoms with Gasteiger partial charge in [-0.25, -0.2) is 0 Å². The molecule has 0 saturated carbocycles. The molecule has 2 aromatic heterocycles. The van der Waals surface area contributed by atoms with Crippen LogP contribution in [0.5, 0.6) is 0 Å². The fraction of sp³-hybridized carbons (Fsp3) is 0.308. The Morgan fingerprint density at radius 1 is 1.33 bits per heavy atom. The molecule has 0 saturated heterocycles. The molecule has 0 radical (unpaired) electrons. The molecule has 2 aromatic rings. The van der Waals surface area contributed by atoms with Crippen LogP contribution in [-0.2, 0) is 6.42 Å². The van der Waals surface area contributed by atoms with Gasteiger partial charge in [-0.1, -0.05) is 0 Å². The minimum atomic E-state index is 0.00600. The Hall–Kier alpha value is -0.650. The number of rotatable bonds is 4. The molecule has 96 valence electrons. The summed E-state index contributed by atoms with van der Waals surface area (Å²) in [7, 11) is 0. The SMILES string of the molecule is Cc1ccc(CC(C)NC(=O)c2ccc(Br)s2)s1. The first kappa shape index (κ1) is 13.8. The zero-order chi connectivity index (χ0) is 13.1. The molecule has 0 aromatic carbocycles. The van der Waals surface area contributed by atoms with Crippen molar-refractivity contribution in [2.24, 2.45) is 0 Å². The van der Waals surface area contributed by atoms with Gasteiger partial charge in [0.1, 0.15) is 0 Å². The Bertz CT molecular complexity index is 547. The first-order chi connectivity index (χ1) is 8.54. The molecule has 1 N–H and O–H groups in total. The molecular weight excluding hydrogens is 330 g/mol. The minimum absolute atomic E-state index is 0.00600. The average Bonchev–Trinajstić information content (AvgIpc) is 2.87. The summed E-state index contributed by atoms with van der Waals surface area (Å²) in [5.41, 5.74) is 0. The van der Waals surface area contributed by atoms with Crippen molar-refractivity contribution in [3.05, 3.63) is 42.7 Å². The van der Waals surface area contributed by atoms with Crippen LogP contribution in [-0.4, -0.2) is 11.9 Å². The van der Waals surface area contributed by atoms with Crippen LogP contribution in [0.3, 0.4) is 0 Å². The van der Waals surface area contributed by atoms with Gasteiger partial charge < -0.3 is 5.32 Å². The van der Waals surface area contributed by atoms with E-state index in [9.17, 15) is 4.79 Å². The molecule has 2 heterocycles. The molecule has 0 fully saturated rings. The van der Waals surface area contributed by atoms with Gasteiger partial charge in [0.25, 0.3) is 5.91 Å². The normalized spacial score (nSPS) is 12.4. The maximum absolute atomic E-state index is 11.9. The van der Waals surface area contributed by atoms with Gasteiger partial charge in [0.2, 0.25) is 0 Å². The largest absolute Gasteiger partial charge is 0.349 e. The highest BCUT2D eigenvalue weighted by Crippen LogP contribution is 2.22. The third-order valence-corrected chi connectivity index (χ3v) is 5.12. The van der Waals surface area contributed by atoms with E-state index in [4.69, 9.17) is 0 Å². The highest BCUT2D eigenvalue weighted by Gasteiger charge is 2.12. The summed E-state index contributed by atoms with van der Waals surface area (Å²) in [5.74, 6) is 0.00600. The first-order valence-electron chi connectivity index (χ1n) is 5.66. The number of amides is 1. The van der Waals surface area contributed by atoms with Gasteiger partial charge >= 0.3 is 0 Å². The monoisotopic (exact) mass is 343 g/mol. The van der Waals surface area contributed by atoms with E-state index >= 15 is 0 Å². The fourth-order valence-electron chi connectivity index (χ4n) is 1.68. The van der Waals surface area contributed by atoms with E-state index in [1.54, 1.807) is 11.3 Å². The summed E-state index contributed by atoms with van der Waals surface area (Å²) >= 11 is 6.61. The molecule has 0 aliphatic rings. The lowest BCUT2D eigenvalue weighted by atomic mass is 10.2. The van der Waals surface area contributed by atoms with E-state index in [0.717, 1.165) is 15.1 Å². The first-order valence-corrected chi connectivity index (χ1v) is 8.08. The zero-order valence-electron chi connectivity index (χ0n) is 10.2. The summed E-state index contributed by atoms with van der Waals surface area (Å²) < 4.78 is 0.981. The molecule has 2 nitrogen and oxygen atoms in total. The Labute approximate surface area is 123 Å². The molecule has 2 rings (SSSR count). The average molecular weight is 344 g/mol. The molecule has 0 bridgehead atoms.